The number of aromatic nitrogens is 1. The first-order valence-electron chi connectivity index (χ1n) is 5.85. The Balaban J connectivity index is 0.000000204. The zero-order valence-corrected chi connectivity index (χ0v) is 10.7. The minimum Gasteiger partial charge on any atom is -0.508 e. The zero-order chi connectivity index (χ0) is 15.0. The third-order valence-electron chi connectivity index (χ3n) is 2.41. The van der Waals surface area contributed by atoms with Gasteiger partial charge in [-0.2, -0.15) is 0 Å². The fourth-order valence-electron chi connectivity index (χ4n) is 1.32. The number of pyridine rings is 1. The fraction of sp³-hybridized carbons (Fsp3) is 0.143. The van der Waals surface area contributed by atoms with Crippen LogP contribution >= 0.6 is 0 Å². The highest BCUT2D eigenvalue weighted by Gasteiger charge is 2.03. The van der Waals surface area contributed by atoms with E-state index < -0.39 is 12.1 Å². The van der Waals surface area contributed by atoms with Crippen molar-refractivity contribution in [3.63, 3.8) is 0 Å². The van der Waals surface area contributed by atoms with Gasteiger partial charge in [-0.05, 0) is 29.8 Å². The van der Waals surface area contributed by atoms with Crippen LogP contribution in [-0.2, 0) is 0 Å². The molecule has 106 valence electrons. The highest BCUT2D eigenvalue weighted by molar-refractivity contribution is 5.86. The van der Waals surface area contributed by atoms with E-state index in [1.165, 1.54) is 30.6 Å². The molecule has 0 aliphatic carbocycles. The monoisotopic (exact) mass is 276 g/mol. The van der Waals surface area contributed by atoms with Gasteiger partial charge in [0.2, 0.25) is 0 Å². The number of rotatable bonds is 3. The molecule has 0 amide bonds. The topological polar surface area (TPSA) is 117 Å². The average molecular weight is 276 g/mol. The van der Waals surface area contributed by atoms with Crippen LogP contribution in [0.2, 0.25) is 0 Å². The molecule has 1 atom stereocenters. The summed E-state index contributed by atoms with van der Waals surface area (Å²) in [4.78, 5) is 13.8. The molecule has 0 aliphatic heterocycles. The number of aromatic hydroxyl groups is 1. The van der Waals surface area contributed by atoms with E-state index in [1.54, 1.807) is 18.2 Å². The molecule has 1 heterocycles. The first kappa shape index (κ1) is 15.6. The number of benzene rings is 1. The Morgan fingerprint density at radius 1 is 1.25 bits per heavy atom. The van der Waals surface area contributed by atoms with E-state index in [0.717, 1.165) is 5.56 Å². The van der Waals surface area contributed by atoms with Gasteiger partial charge in [0.05, 0.1) is 11.7 Å². The first-order chi connectivity index (χ1) is 9.54. The Labute approximate surface area is 116 Å². The van der Waals surface area contributed by atoms with E-state index in [4.69, 9.17) is 15.9 Å². The largest absolute Gasteiger partial charge is 0.508 e. The molecule has 0 aliphatic rings. The molecular weight excluding hydrogens is 260 g/mol. The number of carboxylic acids is 1. The van der Waals surface area contributed by atoms with Gasteiger partial charge in [-0.3, -0.25) is 4.98 Å². The van der Waals surface area contributed by atoms with E-state index in [9.17, 15) is 9.90 Å². The van der Waals surface area contributed by atoms with E-state index in [-0.39, 0.29) is 17.9 Å². The number of aromatic carboxylic acids is 1. The summed E-state index contributed by atoms with van der Waals surface area (Å²) in [5.41, 5.74) is 6.18. The van der Waals surface area contributed by atoms with Gasteiger partial charge in [0.15, 0.2) is 0 Å². The minimum atomic E-state index is -0.942. The van der Waals surface area contributed by atoms with Gasteiger partial charge in [-0.25, -0.2) is 4.79 Å². The first-order valence-corrected chi connectivity index (χ1v) is 5.85. The summed E-state index contributed by atoms with van der Waals surface area (Å²) in [6.07, 6.45) is 2.21. The van der Waals surface area contributed by atoms with Gasteiger partial charge in [0.25, 0.3) is 0 Å². The van der Waals surface area contributed by atoms with Gasteiger partial charge in [-0.15, -0.1) is 0 Å². The lowest BCUT2D eigenvalue weighted by Gasteiger charge is -2.06. The van der Waals surface area contributed by atoms with Crippen molar-refractivity contribution < 1.29 is 20.1 Å². The molecule has 5 N–H and O–H groups in total. The molecule has 2 aromatic rings. The number of hydrogen-bond donors (Lipinski definition) is 4. The van der Waals surface area contributed by atoms with Crippen LogP contribution < -0.4 is 5.73 Å². The summed E-state index contributed by atoms with van der Waals surface area (Å²) in [6, 6.07) is 9.42. The number of phenols is 1. The Kier molecular flexibility index (Phi) is 6.15. The van der Waals surface area contributed by atoms with Crippen molar-refractivity contribution in [2.45, 2.75) is 6.10 Å². The van der Waals surface area contributed by atoms with Gasteiger partial charge in [-0.1, -0.05) is 12.1 Å². The Hall–Kier alpha value is -2.44. The molecule has 20 heavy (non-hydrogen) atoms. The molecule has 1 unspecified atom stereocenters. The highest BCUT2D eigenvalue weighted by atomic mass is 16.4. The van der Waals surface area contributed by atoms with E-state index in [0.29, 0.717) is 0 Å². The standard InChI is InChI=1S/C8H11NO2.C6H5NO2/c9-5-8(11)6-1-3-7(10)4-2-6;8-6(9)5-2-1-3-7-4-5/h1-4,8,10-11H,5,9H2;1-4H,(H,8,9). The molecule has 1 aromatic carbocycles. The smallest absolute Gasteiger partial charge is 0.337 e. The summed E-state index contributed by atoms with van der Waals surface area (Å²) in [6.45, 7) is 0.199. The van der Waals surface area contributed by atoms with Gasteiger partial charge in [0, 0.05) is 18.9 Å². The Morgan fingerprint density at radius 2 is 1.90 bits per heavy atom. The molecule has 0 spiro atoms. The molecule has 1 aromatic heterocycles. The second-order valence-corrected chi connectivity index (χ2v) is 3.89. The van der Waals surface area contributed by atoms with Crippen molar-refractivity contribution in [2.75, 3.05) is 6.54 Å². The van der Waals surface area contributed by atoms with Crippen LogP contribution in [0.15, 0.2) is 48.8 Å². The number of phenolic OH excluding ortho intramolecular Hbond substituents is 1. The zero-order valence-electron chi connectivity index (χ0n) is 10.7. The quantitative estimate of drug-likeness (QED) is 0.668. The van der Waals surface area contributed by atoms with Crippen LogP contribution in [0.25, 0.3) is 0 Å². The number of nitrogens with zero attached hydrogens (tertiary/aromatic N) is 1. The molecule has 6 nitrogen and oxygen atoms in total. The van der Waals surface area contributed by atoms with Crippen molar-refractivity contribution in [1.82, 2.24) is 4.98 Å². The minimum absolute atomic E-state index is 0.193. The second-order valence-electron chi connectivity index (χ2n) is 3.89. The normalized spacial score (nSPS) is 11.1. The van der Waals surface area contributed by atoms with Gasteiger partial charge in [0.1, 0.15) is 5.75 Å². The van der Waals surface area contributed by atoms with Crippen LogP contribution in [0.5, 0.6) is 5.75 Å². The van der Waals surface area contributed by atoms with E-state index in [1.807, 2.05) is 0 Å². The molecule has 2 rings (SSSR count). The van der Waals surface area contributed by atoms with Crippen molar-refractivity contribution in [3.8, 4) is 5.75 Å². The van der Waals surface area contributed by atoms with Gasteiger partial charge < -0.3 is 21.1 Å². The lowest BCUT2D eigenvalue weighted by Crippen LogP contribution is -2.10. The third kappa shape index (κ3) is 5.05. The molecule has 0 bridgehead atoms. The summed E-state index contributed by atoms with van der Waals surface area (Å²) in [5, 5.41) is 26.5. The summed E-state index contributed by atoms with van der Waals surface area (Å²) < 4.78 is 0. The van der Waals surface area contributed by atoms with E-state index >= 15 is 0 Å². The molecular formula is C14H16N2O4. The molecule has 0 saturated heterocycles. The van der Waals surface area contributed by atoms with Gasteiger partial charge >= 0.3 is 5.97 Å². The Bertz CT molecular complexity index is 529. The molecule has 0 saturated carbocycles. The average Bonchev–Trinajstić information content (AvgIpc) is 2.49. The van der Waals surface area contributed by atoms with Crippen LogP contribution in [-0.4, -0.2) is 32.8 Å². The number of hydrogen-bond acceptors (Lipinski definition) is 5. The SMILES string of the molecule is NCC(O)c1ccc(O)cc1.O=C(O)c1cccnc1. The number of carbonyl (C=O) groups is 1. The summed E-state index contributed by atoms with van der Waals surface area (Å²) in [5.74, 6) is -0.749. The van der Waals surface area contributed by atoms with Crippen LogP contribution in [0.4, 0.5) is 0 Å². The van der Waals surface area contributed by atoms with Crippen LogP contribution in [0.3, 0.4) is 0 Å². The highest BCUT2D eigenvalue weighted by Crippen LogP contribution is 2.15. The number of nitrogens with two attached hydrogens (primary N) is 1. The Morgan fingerprint density at radius 3 is 2.30 bits per heavy atom. The number of carboxylic acid groups (broad SMARTS) is 1. The van der Waals surface area contributed by atoms with E-state index in [2.05, 4.69) is 4.98 Å². The lowest BCUT2D eigenvalue weighted by molar-refractivity contribution is 0.0696. The predicted molar refractivity (Wildman–Crippen MR) is 73.3 cm³/mol. The third-order valence-corrected chi connectivity index (χ3v) is 2.41. The predicted octanol–water partition coefficient (Wildman–Crippen LogP) is 1.16. The maximum Gasteiger partial charge on any atom is 0.337 e. The lowest BCUT2D eigenvalue weighted by atomic mass is 10.1. The maximum atomic E-state index is 10.2. The van der Waals surface area contributed by atoms with Crippen molar-refractivity contribution in [3.05, 3.63) is 59.9 Å². The molecule has 0 radical (unpaired) electrons. The van der Waals surface area contributed by atoms with Crippen molar-refractivity contribution >= 4 is 5.97 Å². The molecule has 6 heteroatoms. The molecule has 0 fully saturated rings. The summed E-state index contributed by atoms with van der Waals surface area (Å²) in [7, 11) is 0. The van der Waals surface area contributed by atoms with Crippen LogP contribution in [0, 0.1) is 0 Å². The van der Waals surface area contributed by atoms with Crippen molar-refractivity contribution in [1.29, 1.82) is 0 Å². The van der Waals surface area contributed by atoms with Crippen LogP contribution in [0.1, 0.15) is 22.0 Å². The maximum absolute atomic E-state index is 10.2. The van der Waals surface area contributed by atoms with Crippen molar-refractivity contribution in [2.24, 2.45) is 5.73 Å². The number of aliphatic hydroxyl groups excluding tert-OH is 1. The fourth-order valence-corrected chi connectivity index (χ4v) is 1.32. The summed E-state index contributed by atoms with van der Waals surface area (Å²) >= 11 is 0. The second kappa shape index (κ2) is 7.88. The number of aliphatic hydroxyl groups is 1.